The van der Waals surface area contributed by atoms with Crippen LogP contribution in [0.1, 0.15) is 5.56 Å². The predicted molar refractivity (Wildman–Crippen MR) is 76.8 cm³/mol. The molecule has 0 fully saturated rings. The summed E-state index contributed by atoms with van der Waals surface area (Å²) in [5.41, 5.74) is 9.54. The smallest absolute Gasteiger partial charge is 0.340 e. The number of amides is 2. The Hall–Kier alpha value is -3.36. The van der Waals surface area contributed by atoms with E-state index in [2.05, 4.69) is 35.8 Å². The number of para-hydroxylation sites is 1. The van der Waals surface area contributed by atoms with Crippen LogP contribution in [-0.4, -0.2) is 27.5 Å². The van der Waals surface area contributed by atoms with Gasteiger partial charge in [-0.1, -0.05) is 18.2 Å². The third kappa shape index (κ3) is 2.66. The summed E-state index contributed by atoms with van der Waals surface area (Å²) in [6.07, 6.45) is 3.33. The van der Waals surface area contributed by atoms with Gasteiger partial charge in [-0.2, -0.15) is 5.10 Å². The molecule has 5 N–H and O–H groups in total. The van der Waals surface area contributed by atoms with Gasteiger partial charge in [0.05, 0.1) is 6.21 Å². The van der Waals surface area contributed by atoms with E-state index >= 15 is 0 Å². The van der Waals surface area contributed by atoms with Gasteiger partial charge in [0, 0.05) is 22.7 Å². The SMILES string of the molecule is Nc1nonc1NC(=O)N/N=C\c1c[nH]c2ccccc12. The number of aromatic amines is 1. The van der Waals surface area contributed by atoms with Gasteiger partial charge in [0.1, 0.15) is 0 Å². The van der Waals surface area contributed by atoms with Crippen LogP contribution in [0.2, 0.25) is 0 Å². The third-order valence-corrected chi connectivity index (χ3v) is 2.74. The fraction of sp³-hybridized carbons (Fsp3) is 0. The number of benzene rings is 1. The van der Waals surface area contributed by atoms with E-state index in [-0.39, 0.29) is 11.6 Å². The highest BCUT2D eigenvalue weighted by molar-refractivity contribution is 5.99. The summed E-state index contributed by atoms with van der Waals surface area (Å²) in [4.78, 5) is 14.6. The number of nitrogens with two attached hydrogens (primary N) is 1. The first-order valence-electron chi connectivity index (χ1n) is 5.98. The monoisotopic (exact) mass is 285 g/mol. The zero-order chi connectivity index (χ0) is 14.7. The zero-order valence-corrected chi connectivity index (χ0v) is 10.7. The van der Waals surface area contributed by atoms with Crippen molar-refractivity contribution in [3.05, 3.63) is 36.0 Å². The molecular formula is C12H11N7O2. The van der Waals surface area contributed by atoms with Crippen molar-refractivity contribution in [3.8, 4) is 0 Å². The van der Waals surface area contributed by atoms with E-state index in [1.807, 2.05) is 24.3 Å². The van der Waals surface area contributed by atoms with Crippen LogP contribution in [0.25, 0.3) is 10.9 Å². The number of carbonyl (C=O) groups excluding carboxylic acids is 1. The molecule has 0 aliphatic rings. The molecule has 0 aliphatic heterocycles. The molecule has 3 aromatic rings. The molecule has 21 heavy (non-hydrogen) atoms. The number of fused-ring (bicyclic) bond motifs is 1. The van der Waals surface area contributed by atoms with Crippen molar-refractivity contribution in [1.82, 2.24) is 20.7 Å². The standard InChI is InChI=1S/C12H11N7O2/c13-10-11(19-21-18-10)16-12(20)17-15-6-7-5-14-9-4-2-1-3-8(7)9/h1-6,14H,(H2,13,18)(H2,16,17,19,20)/b15-6-. The Morgan fingerprint density at radius 3 is 3.05 bits per heavy atom. The van der Waals surface area contributed by atoms with Crippen LogP contribution in [0.5, 0.6) is 0 Å². The maximum Gasteiger partial charge on any atom is 0.340 e. The molecule has 9 heteroatoms. The maximum atomic E-state index is 11.5. The molecule has 2 aromatic heterocycles. The van der Waals surface area contributed by atoms with E-state index in [0.717, 1.165) is 16.5 Å². The van der Waals surface area contributed by atoms with Gasteiger partial charge in [-0.15, -0.1) is 0 Å². The van der Waals surface area contributed by atoms with Crippen LogP contribution in [0.3, 0.4) is 0 Å². The molecule has 2 amide bonds. The fourth-order valence-electron chi connectivity index (χ4n) is 1.78. The molecule has 0 atom stereocenters. The number of nitrogens with zero attached hydrogens (tertiary/aromatic N) is 3. The lowest BCUT2D eigenvalue weighted by Crippen LogP contribution is -2.24. The quantitative estimate of drug-likeness (QED) is 0.425. The van der Waals surface area contributed by atoms with Gasteiger partial charge in [-0.3, -0.25) is 5.32 Å². The second kappa shape index (κ2) is 5.33. The summed E-state index contributed by atoms with van der Waals surface area (Å²) >= 11 is 0. The maximum absolute atomic E-state index is 11.5. The first-order chi connectivity index (χ1) is 10.2. The van der Waals surface area contributed by atoms with Gasteiger partial charge in [-0.05, 0) is 16.4 Å². The van der Waals surface area contributed by atoms with Crippen molar-refractivity contribution in [1.29, 1.82) is 0 Å². The van der Waals surface area contributed by atoms with Crippen LogP contribution in [0.4, 0.5) is 16.4 Å². The zero-order valence-electron chi connectivity index (χ0n) is 10.7. The van der Waals surface area contributed by atoms with Gasteiger partial charge in [0.15, 0.2) is 0 Å². The second-order valence-electron chi connectivity index (χ2n) is 4.11. The molecule has 0 spiro atoms. The normalized spacial score (nSPS) is 11.0. The molecule has 1 aromatic carbocycles. The number of anilines is 2. The summed E-state index contributed by atoms with van der Waals surface area (Å²) in [5, 5.41) is 13.9. The van der Waals surface area contributed by atoms with Crippen LogP contribution in [-0.2, 0) is 0 Å². The number of hydrazone groups is 1. The van der Waals surface area contributed by atoms with Gasteiger partial charge in [0.2, 0.25) is 11.6 Å². The summed E-state index contributed by atoms with van der Waals surface area (Å²) in [7, 11) is 0. The van der Waals surface area contributed by atoms with Crippen LogP contribution in [0, 0.1) is 0 Å². The molecule has 0 aliphatic carbocycles. The first-order valence-corrected chi connectivity index (χ1v) is 5.98. The number of carbonyl (C=O) groups is 1. The van der Waals surface area contributed by atoms with E-state index < -0.39 is 6.03 Å². The third-order valence-electron chi connectivity index (χ3n) is 2.74. The van der Waals surface area contributed by atoms with E-state index in [9.17, 15) is 4.79 Å². The Balaban J connectivity index is 1.64. The largest absolute Gasteiger partial charge is 0.378 e. The van der Waals surface area contributed by atoms with Crippen molar-refractivity contribution < 1.29 is 9.42 Å². The number of hydrogen-bond donors (Lipinski definition) is 4. The molecule has 0 radical (unpaired) electrons. The highest BCUT2D eigenvalue weighted by Crippen LogP contribution is 2.15. The predicted octanol–water partition coefficient (Wildman–Crippen LogP) is 1.29. The number of rotatable bonds is 3. The van der Waals surface area contributed by atoms with E-state index in [1.54, 1.807) is 6.20 Å². The molecule has 0 saturated heterocycles. The highest BCUT2D eigenvalue weighted by Gasteiger charge is 2.09. The Kier molecular flexibility index (Phi) is 3.21. The summed E-state index contributed by atoms with van der Waals surface area (Å²) < 4.78 is 4.35. The van der Waals surface area contributed by atoms with Gasteiger partial charge >= 0.3 is 6.03 Å². The first kappa shape index (κ1) is 12.7. The minimum atomic E-state index is -0.603. The number of H-pyrrole nitrogens is 1. The second-order valence-corrected chi connectivity index (χ2v) is 4.11. The van der Waals surface area contributed by atoms with Crippen molar-refractivity contribution in [2.24, 2.45) is 5.10 Å². The fourth-order valence-corrected chi connectivity index (χ4v) is 1.78. The summed E-state index contributed by atoms with van der Waals surface area (Å²) in [6.45, 7) is 0. The molecule has 9 nitrogen and oxygen atoms in total. The lowest BCUT2D eigenvalue weighted by Gasteiger charge is -1.99. The molecule has 3 rings (SSSR count). The molecule has 2 heterocycles. The molecule has 0 unspecified atom stereocenters. The average molecular weight is 285 g/mol. The highest BCUT2D eigenvalue weighted by atomic mass is 16.6. The Bertz CT molecular complexity index is 805. The van der Waals surface area contributed by atoms with E-state index in [1.165, 1.54) is 6.21 Å². The van der Waals surface area contributed by atoms with Crippen molar-refractivity contribution in [3.63, 3.8) is 0 Å². The number of hydrogen-bond acceptors (Lipinski definition) is 6. The molecular weight excluding hydrogens is 274 g/mol. The van der Waals surface area contributed by atoms with Gasteiger partial charge in [0.25, 0.3) is 0 Å². The lowest BCUT2D eigenvalue weighted by atomic mass is 10.2. The Morgan fingerprint density at radius 1 is 1.38 bits per heavy atom. The minimum absolute atomic E-state index is 0.00856. The minimum Gasteiger partial charge on any atom is -0.378 e. The summed E-state index contributed by atoms with van der Waals surface area (Å²) in [5.74, 6) is 0.0283. The van der Waals surface area contributed by atoms with Crippen LogP contribution >= 0.6 is 0 Å². The van der Waals surface area contributed by atoms with Crippen molar-refractivity contribution in [2.75, 3.05) is 11.1 Å². The average Bonchev–Trinajstić information content (AvgIpc) is 3.07. The van der Waals surface area contributed by atoms with Gasteiger partial charge in [-0.25, -0.2) is 14.8 Å². The van der Waals surface area contributed by atoms with Crippen LogP contribution in [0.15, 0.2) is 40.2 Å². The van der Waals surface area contributed by atoms with E-state index in [0.29, 0.717) is 0 Å². The summed E-state index contributed by atoms with van der Waals surface area (Å²) in [6, 6.07) is 7.16. The number of nitrogen functional groups attached to an aromatic ring is 1. The van der Waals surface area contributed by atoms with Crippen molar-refractivity contribution >= 4 is 34.8 Å². The molecule has 106 valence electrons. The Morgan fingerprint density at radius 2 is 2.24 bits per heavy atom. The molecule has 0 bridgehead atoms. The number of urea groups is 1. The van der Waals surface area contributed by atoms with Crippen molar-refractivity contribution in [2.45, 2.75) is 0 Å². The lowest BCUT2D eigenvalue weighted by molar-refractivity contribution is 0.252. The van der Waals surface area contributed by atoms with Gasteiger partial charge < -0.3 is 10.7 Å². The number of aromatic nitrogens is 3. The Labute approximate surface area is 118 Å². The van der Waals surface area contributed by atoms with Crippen LogP contribution < -0.4 is 16.5 Å². The number of nitrogens with one attached hydrogen (secondary N) is 3. The topological polar surface area (TPSA) is 134 Å². The molecule has 0 saturated carbocycles. The van der Waals surface area contributed by atoms with E-state index in [4.69, 9.17) is 5.73 Å².